The van der Waals surface area contributed by atoms with Gasteiger partial charge in [0, 0.05) is 29.4 Å². The summed E-state index contributed by atoms with van der Waals surface area (Å²) in [6.45, 7) is 0. The molecule has 3 aromatic carbocycles. The predicted octanol–water partition coefficient (Wildman–Crippen LogP) is 3.79. The zero-order valence-corrected chi connectivity index (χ0v) is 12.6. The average molecular weight is 301 g/mol. The van der Waals surface area contributed by atoms with Crippen molar-refractivity contribution in [3.63, 3.8) is 0 Å². The molecule has 5 heteroatoms. The van der Waals surface area contributed by atoms with Crippen molar-refractivity contribution in [1.29, 1.82) is 0 Å². The van der Waals surface area contributed by atoms with Gasteiger partial charge in [0.25, 0.3) is 0 Å². The van der Waals surface area contributed by atoms with Gasteiger partial charge in [-0.15, -0.1) is 10.2 Å². The Bertz CT molecular complexity index is 924. The lowest BCUT2D eigenvalue weighted by molar-refractivity contribution is 0.881. The van der Waals surface area contributed by atoms with Crippen LogP contribution in [0.3, 0.4) is 0 Å². The zero-order chi connectivity index (χ0) is 15.6. The summed E-state index contributed by atoms with van der Waals surface area (Å²) in [6, 6.07) is 22.9. The molecule has 0 amide bonds. The van der Waals surface area contributed by atoms with Crippen LogP contribution in [0.15, 0.2) is 66.7 Å². The second kappa shape index (κ2) is 5.53. The highest BCUT2D eigenvalue weighted by Crippen LogP contribution is 2.31. The summed E-state index contributed by atoms with van der Waals surface area (Å²) in [6.07, 6.45) is 0. The van der Waals surface area contributed by atoms with Crippen LogP contribution in [-0.2, 0) is 0 Å². The normalized spacial score (nSPS) is 10.8. The van der Waals surface area contributed by atoms with E-state index in [-0.39, 0.29) is 0 Å². The molecule has 0 spiro atoms. The molecule has 0 aliphatic carbocycles. The lowest BCUT2D eigenvalue weighted by atomic mass is 10.1. The van der Waals surface area contributed by atoms with Crippen LogP contribution < -0.4 is 4.90 Å². The minimum atomic E-state index is 0.601. The monoisotopic (exact) mass is 301 g/mol. The van der Waals surface area contributed by atoms with Crippen molar-refractivity contribution in [3.8, 4) is 11.4 Å². The highest BCUT2D eigenvalue weighted by atomic mass is 15.5. The topological polar surface area (TPSA) is 57.7 Å². The van der Waals surface area contributed by atoms with E-state index >= 15 is 0 Å². The number of aromatic nitrogens is 4. The van der Waals surface area contributed by atoms with Gasteiger partial charge in [-0.25, -0.2) is 0 Å². The highest BCUT2D eigenvalue weighted by Gasteiger charge is 2.09. The Kier molecular flexibility index (Phi) is 3.24. The summed E-state index contributed by atoms with van der Waals surface area (Å²) < 4.78 is 0. The smallest absolute Gasteiger partial charge is 0.204 e. The SMILES string of the molecule is CN(c1ccc(-c2nn[nH]n2)cc1)c1cccc2ccccc12. The molecule has 4 aromatic rings. The van der Waals surface area contributed by atoms with E-state index in [1.807, 2.05) is 12.1 Å². The molecule has 112 valence electrons. The molecule has 0 fully saturated rings. The first-order valence-corrected chi connectivity index (χ1v) is 7.38. The third-order valence-corrected chi connectivity index (χ3v) is 3.99. The molecular weight excluding hydrogens is 286 g/mol. The third-order valence-electron chi connectivity index (χ3n) is 3.99. The lowest BCUT2D eigenvalue weighted by Crippen LogP contribution is -2.09. The van der Waals surface area contributed by atoms with Crippen LogP contribution in [-0.4, -0.2) is 27.7 Å². The zero-order valence-electron chi connectivity index (χ0n) is 12.6. The number of aromatic amines is 1. The van der Waals surface area contributed by atoms with Crippen molar-refractivity contribution >= 4 is 22.1 Å². The Morgan fingerprint density at radius 2 is 1.65 bits per heavy atom. The molecule has 0 bridgehead atoms. The molecule has 1 heterocycles. The number of anilines is 2. The number of hydrogen-bond donors (Lipinski definition) is 1. The van der Waals surface area contributed by atoms with Gasteiger partial charge in [-0.2, -0.15) is 5.21 Å². The Labute approximate surface area is 133 Å². The van der Waals surface area contributed by atoms with Crippen LogP contribution in [0.2, 0.25) is 0 Å². The first-order chi connectivity index (χ1) is 11.3. The molecular formula is C18H15N5. The van der Waals surface area contributed by atoms with Crippen LogP contribution >= 0.6 is 0 Å². The first kappa shape index (κ1) is 13.5. The molecule has 0 radical (unpaired) electrons. The van der Waals surface area contributed by atoms with Gasteiger partial charge < -0.3 is 4.90 Å². The fourth-order valence-corrected chi connectivity index (χ4v) is 2.76. The van der Waals surface area contributed by atoms with Gasteiger partial charge in [0.2, 0.25) is 5.82 Å². The average Bonchev–Trinajstić information content (AvgIpc) is 3.15. The van der Waals surface area contributed by atoms with Crippen molar-refractivity contribution in [3.05, 3.63) is 66.7 Å². The summed E-state index contributed by atoms with van der Waals surface area (Å²) in [5, 5.41) is 16.5. The van der Waals surface area contributed by atoms with Crippen LogP contribution in [0.5, 0.6) is 0 Å². The molecule has 5 nitrogen and oxygen atoms in total. The van der Waals surface area contributed by atoms with Gasteiger partial charge >= 0.3 is 0 Å². The van der Waals surface area contributed by atoms with E-state index in [2.05, 4.69) is 87.2 Å². The molecule has 0 saturated carbocycles. The number of nitrogens with one attached hydrogen (secondary N) is 1. The number of nitrogens with zero attached hydrogens (tertiary/aromatic N) is 4. The van der Waals surface area contributed by atoms with E-state index in [1.165, 1.54) is 16.5 Å². The standard InChI is InChI=1S/C18H15N5/c1-23(17-8-4-6-13-5-2-3-7-16(13)17)15-11-9-14(10-12-15)18-19-21-22-20-18/h2-12H,1H3,(H,19,20,21,22). The molecule has 0 atom stereocenters. The molecule has 0 saturated heterocycles. The van der Waals surface area contributed by atoms with Gasteiger partial charge in [0.1, 0.15) is 0 Å². The number of fused-ring (bicyclic) bond motifs is 1. The Balaban J connectivity index is 1.72. The summed E-state index contributed by atoms with van der Waals surface area (Å²) in [4.78, 5) is 2.18. The summed E-state index contributed by atoms with van der Waals surface area (Å²) >= 11 is 0. The van der Waals surface area contributed by atoms with Gasteiger partial charge in [-0.05, 0) is 40.9 Å². The number of H-pyrrole nitrogens is 1. The van der Waals surface area contributed by atoms with Crippen molar-refractivity contribution in [2.75, 3.05) is 11.9 Å². The van der Waals surface area contributed by atoms with E-state index in [1.54, 1.807) is 0 Å². The Morgan fingerprint density at radius 1 is 0.870 bits per heavy atom. The van der Waals surface area contributed by atoms with Crippen LogP contribution in [0.4, 0.5) is 11.4 Å². The second-order valence-corrected chi connectivity index (χ2v) is 5.34. The molecule has 0 aliphatic rings. The quantitative estimate of drug-likeness (QED) is 0.625. The maximum Gasteiger partial charge on any atom is 0.204 e. The van der Waals surface area contributed by atoms with Gasteiger partial charge in [-0.3, -0.25) is 0 Å². The van der Waals surface area contributed by atoms with E-state index in [0.717, 1.165) is 11.3 Å². The van der Waals surface area contributed by atoms with Crippen molar-refractivity contribution in [1.82, 2.24) is 20.6 Å². The molecule has 4 rings (SSSR count). The van der Waals surface area contributed by atoms with Gasteiger partial charge in [0.05, 0.1) is 0 Å². The number of rotatable bonds is 3. The number of hydrogen-bond acceptors (Lipinski definition) is 4. The second-order valence-electron chi connectivity index (χ2n) is 5.34. The van der Waals surface area contributed by atoms with E-state index < -0.39 is 0 Å². The molecule has 23 heavy (non-hydrogen) atoms. The van der Waals surface area contributed by atoms with Crippen LogP contribution in [0, 0.1) is 0 Å². The summed E-state index contributed by atoms with van der Waals surface area (Å²) in [7, 11) is 2.07. The molecule has 0 aliphatic heterocycles. The molecule has 1 aromatic heterocycles. The van der Waals surface area contributed by atoms with E-state index in [4.69, 9.17) is 0 Å². The predicted molar refractivity (Wildman–Crippen MR) is 91.6 cm³/mol. The minimum Gasteiger partial charge on any atom is -0.344 e. The lowest BCUT2D eigenvalue weighted by Gasteiger charge is -2.21. The van der Waals surface area contributed by atoms with Crippen molar-refractivity contribution in [2.45, 2.75) is 0 Å². The first-order valence-electron chi connectivity index (χ1n) is 7.38. The Morgan fingerprint density at radius 3 is 2.43 bits per heavy atom. The van der Waals surface area contributed by atoms with Crippen LogP contribution in [0.25, 0.3) is 22.2 Å². The van der Waals surface area contributed by atoms with Crippen molar-refractivity contribution < 1.29 is 0 Å². The fourth-order valence-electron chi connectivity index (χ4n) is 2.76. The largest absolute Gasteiger partial charge is 0.344 e. The van der Waals surface area contributed by atoms with Gasteiger partial charge in [0.15, 0.2) is 0 Å². The highest BCUT2D eigenvalue weighted by molar-refractivity contribution is 5.96. The number of tetrazole rings is 1. The molecule has 0 unspecified atom stereocenters. The Hall–Kier alpha value is -3.21. The van der Waals surface area contributed by atoms with Crippen molar-refractivity contribution in [2.24, 2.45) is 0 Å². The minimum absolute atomic E-state index is 0.601. The maximum atomic E-state index is 4.00. The van der Waals surface area contributed by atoms with Crippen LogP contribution in [0.1, 0.15) is 0 Å². The van der Waals surface area contributed by atoms with E-state index in [0.29, 0.717) is 5.82 Å². The van der Waals surface area contributed by atoms with E-state index in [9.17, 15) is 0 Å². The maximum absolute atomic E-state index is 4.00. The fraction of sp³-hybridized carbons (Fsp3) is 0.0556. The third kappa shape index (κ3) is 2.42. The number of benzene rings is 3. The van der Waals surface area contributed by atoms with Gasteiger partial charge in [-0.1, -0.05) is 36.4 Å². The summed E-state index contributed by atoms with van der Waals surface area (Å²) in [5.74, 6) is 0.601. The summed E-state index contributed by atoms with van der Waals surface area (Å²) in [5.41, 5.74) is 3.22. The molecule has 1 N–H and O–H groups in total.